The highest BCUT2D eigenvalue weighted by molar-refractivity contribution is 6.05. The number of hydrogen-bond acceptors (Lipinski definition) is 5. The number of nitrogens with zero attached hydrogens (tertiary/aromatic N) is 2. The minimum atomic E-state index is -0.538. The molecule has 1 unspecified atom stereocenters. The molecule has 2 heterocycles. The van der Waals surface area contributed by atoms with Gasteiger partial charge in [0.2, 0.25) is 0 Å². The fraction of sp³-hybridized carbons (Fsp3) is 0.138. The molecule has 0 fully saturated rings. The second-order valence-corrected chi connectivity index (χ2v) is 8.51. The molecule has 5 aromatic rings. The molecule has 7 nitrogen and oxygen atoms in total. The number of aryl methyl sites for hydroxylation is 1. The summed E-state index contributed by atoms with van der Waals surface area (Å²) in [6, 6.07) is 21.4. The zero-order chi connectivity index (χ0) is 25.2. The molecular weight excluding hydrogens is 454 g/mol. The maximum atomic E-state index is 13.7. The summed E-state index contributed by atoms with van der Waals surface area (Å²) in [7, 11) is 3.48. The van der Waals surface area contributed by atoms with E-state index in [2.05, 4.69) is 10.3 Å². The number of aromatic nitrogens is 2. The van der Waals surface area contributed by atoms with Gasteiger partial charge in [-0.1, -0.05) is 48.5 Å². The number of amides is 1. The van der Waals surface area contributed by atoms with Crippen molar-refractivity contribution in [3.8, 4) is 17.1 Å². The molecule has 0 aliphatic carbocycles. The van der Waals surface area contributed by atoms with Gasteiger partial charge >= 0.3 is 0 Å². The van der Waals surface area contributed by atoms with Gasteiger partial charge < -0.3 is 19.0 Å². The van der Waals surface area contributed by atoms with Crippen LogP contribution in [-0.2, 0) is 7.05 Å². The Kier molecular flexibility index (Phi) is 6.12. The molecule has 0 aliphatic rings. The van der Waals surface area contributed by atoms with Crippen LogP contribution in [0.1, 0.15) is 33.4 Å². The van der Waals surface area contributed by atoms with Crippen molar-refractivity contribution in [2.75, 3.05) is 7.11 Å². The standard InChI is InChI=1S/C29H25N3O4/c1-18-25(33)22-10-7-11-23(27(22)36-26(18)20-8-5-4-6-9-20)29(34)31-24(28-30-16-17-32(28)2)19-12-14-21(35-3)15-13-19/h4-17,24H,1-3H3,(H,31,34). The van der Waals surface area contributed by atoms with Crippen molar-refractivity contribution in [1.82, 2.24) is 14.9 Å². The van der Waals surface area contributed by atoms with Crippen molar-refractivity contribution in [2.24, 2.45) is 7.05 Å². The van der Waals surface area contributed by atoms with E-state index < -0.39 is 6.04 Å². The van der Waals surface area contributed by atoms with Gasteiger partial charge in [0.25, 0.3) is 5.91 Å². The molecule has 0 saturated carbocycles. The molecule has 2 aromatic heterocycles. The highest BCUT2D eigenvalue weighted by atomic mass is 16.5. The number of benzene rings is 3. The van der Waals surface area contributed by atoms with Crippen LogP contribution in [0.4, 0.5) is 0 Å². The Labute approximate surface area is 208 Å². The Morgan fingerprint density at radius 1 is 1.03 bits per heavy atom. The summed E-state index contributed by atoms with van der Waals surface area (Å²) in [5.41, 5.74) is 2.46. The van der Waals surface area contributed by atoms with Crippen LogP contribution < -0.4 is 15.5 Å². The second-order valence-electron chi connectivity index (χ2n) is 8.51. The number of nitrogens with one attached hydrogen (secondary N) is 1. The molecular formula is C29H25N3O4. The summed E-state index contributed by atoms with van der Waals surface area (Å²) < 4.78 is 13.4. The van der Waals surface area contributed by atoms with E-state index in [0.717, 1.165) is 11.1 Å². The molecule has 1 atom stereocenters. The summed E-state index contributed by atoms with van der Waals surface area (Å²) in [4.78, 5) is 31.4. The van der Waals surface area contributed by atoms with Crippen LogP contribution in [0.15, 0.2) is 94.4 Å². The molecule has 180 valence electrons. The predicted molar refractivity (Wildman–Crippen MR) is 138 cm³/mol. The van der Waals surface area contributed by atoms with Crippen molar-refractivity contribution < 1.29 is 13.9 Å². The number of fused-ring (bicyclic) bond motifs is 1. The van der Waals surface area contributed by atoms with Gasteiger partial charge in [-0.25, -0.2) is 4.98 Å². The van der Waals surface area contributed by atoms with Gasteiger partial charge in [-0.15, -0.1) is 0 Å². The van der Waals surface area contributed by atoms with E-state index in [1.165, 1.54) is 0 Å². The van der Waals surface area contributed by atoms with E-state index >= 15 is 0 Å². The third-order valence-electron chi connectivity index (χ3n) is 6.27. The largest absolute Gasteiger partial charge is 0.497 e. The lowest BCUT2D eigenvalue weighted by Crippen LogP contribution is -2.31. The van der Waals surface area contributed by atoms with Crippen LogP contribution in [0.5, 0.6) is 5.75 Å². The Morgan fingerprint density at radius 3 is 2.44 bits per heavy atom. The maximum Gasteiger partial charge on any atom is 0.255 e. The van der Waals surface area contributed by atoms with Crippen LogP contribution in [0.3, 0.4) is 0 Å². The van der Waals surface area contributed by atoms with Gasteiger partial charge in [0, 0.05) is 30.6 Å². The molecule has 7 heteroatoms. The lowest BCUT2D eigenvalue weighted by molar-refractivity contribution is 0.0942. The first-order valence-electron chi connectivity index (χ1n) is 11.5. The summed E-state index contributed by atoms with van der Waals surface area (Å²) in [6.45, 7) is 1.74. The number of imidazole rings is 1. The van der Waals surface area contributed by atoms with Crippen LogP contribution in [0.25, 0.3) is 22.3 Å². The maximum absolute atomic E-state index is 13.7. The van der Waals surface area contributed by atoms with Crippen molar-refractivity contribution in [3.63, 3.8) is 0 Å². The Balaban J connectivity index is 1.60. The fourth-order valence-corrected chi connectivity index (χ4v) is 4.31. The third-order valence-corrected chi connectivity index (χ3v) is 6.27. The van der Waals surface area contributed by atoms with Gasteiger partial charge in [0.05, 0.1) is 18.1 Å². The number of ether oxygens (including phenoxy) is 1. The first kappa shape index (κ1) is 23.1. The molecule has 3 aromatic carbocycles. The van der Waals surface area contributed by atoms with Crippen LogP contribution in [0, 0.1) is 6.92 Å². The minimum Gasteiger partial charge on any atom is -0.497 e. The predicted octanol–water partition coefficient (Wildman–Crippen LogP) is 5.03. The number of carbonyl (C=O) groups is 1. The van der Waals surface area contributed by atoms with Gasteiger partial charge in [-0.3, -0.25) is 9.59 Å². The Bertz CT molecular complexity index is 1600. The molecule has 36 heavy (non-hydrogen) atoms. The van der Waals surface area contributed by atoms with Crippen LogP contribution in [0.2, 0.25) is 0 Å². The number of rotatable bonds is 6. The van der Waals surface area contributed by atoms with E-state index in [4.69, 9.17) is 9.15 Å². The zero-order valence-corrected chi connectivity index (χ0v) is 20.2. The summed E-state index contributed by atoms with van der Waals surface area (Å²) >= 11 is 0. The van der Waals surface area contributed by atoms with Crippen molar-refractivity contribution >= 4 is 16.9 Å². The van der Waals surface area contributed by atoms with E-state index in [1.807, 2.05) is 72.4 Å². The SMILES string of the molecule is COc1ccc(C(NC(=O)c2cccc3c(=O)c(C)c(-c4ccccc4)oc23)c2nccn2C)cc1. The highest BCUT2D eigenvalue weighted by Gasteiger charge is 2.24. The van der Waals surface area contributed by atoms with E-state index in [-0.39, 0.29) is 22.5 Å². The monoisotopic (exact) mass is 479 g/mol. The normalized spacial score (nSPS) is 11.9. The molecule has 5 rings (SSSR count). The fourth-order valence-electron chi connectivity index (χ4n) is 4.31. The van der Waals surface area contributed by atoms with Crippen molar-refractivity contribution in [1.29, 1.82) is 0 Å². The molecule has 0 saturated heterocycles. The molecule has 1 amide bonds. The average Bonchev–Trinajstić information content (AvgIpc) is 3.34. The Morgan fingerprint density at radius 2 is 1.78 bits per heavy atom. The number of para-hydroxylation sites is 1. The van der Waals surface area contributed by atoms with Gasteiger partial charge in [-0.2, -0.15) is 0 Å². The van der Waals surface area contributed by atoms with Gasteiger partial charge in [0.1, 0.15) is 23.4 Å². The molecule has 0 spiro atoms. The lowest BCUT2D eigenvalue weighted by Gasteiger charge is -2.20. The topological polar surface area (TPSA) is 86.4 Å². The van der Waals surface area contributed by atoms with Crippen LogP contribution in [-0.4, -0.2) is 22.6 Å². The highest BCUT2D eigenvalue weighted by Crippen LogP contribution is 2.28. The summed E-state index contributed by atoms with van der Waals surface area (Å²) in [6.07, 6.45) is 3.51. The first-order chi connectivity index (χ1) is 17.5. The van der Waals surface area contributed by atoms with Crippen molar-refractivity contribution in [2.45, 2.75) is 13.0 Å². The number of hydrogen-bond donors (Lipinski definition) is 1. The zero-order valence-electron chi connectivity index (χ0n) is 20.2. The van der Waals surface area contributed by atoms with Crippen LogP contribution >= 0.6 is 0 Å². The van der Waals surface area contributed by atoms with Crippen molar-refractivity contribution in [3.05, 3.63) is 118 Å². The van der Waals surface area contributed by atoms with Gasteiger partial charge in [-0.05, 0) is 36.8 Å². The van der Waals surface area contributed by atoms with E-state index in [9.17, 15) is 9.59 Å². The number of carbonyl (C=O) groups excluding carboxylic acids is 1. The first-order valence-corrected chi connectivity index (χ1v) is 11.5. The van der Waals surface area contributed by atoms with E-state index in [1.54, 1.807) is 38.4 Å². The summed E-state index contributed by atoms with van der Waals surface area (Å²) in [5, 5.41) is 3.45. The molecule has 0 bridgehead atoms. The summed E-state index contributed by atoms with van der Waals surface area (Å²) in [5.74, 6) is 1.44. The molecule has 0 aliphatic heterocycles. The smallest absolute Gasteiger partial charge is 0.255 e. The second kappa shape index (κ2) is 9.54. The molecule has 0 radical (unpaired) electrons. The molecule has 1 N–H and O–H groups in total. The van der Waals surface area contributed by atoms with Gasteiger partial charge in [0.15, 0.2) is 11.0 Å². The number of methoxy groups -OCH3 is 1. The lowest BCUT2D eigenvalue weighted by atomic mass is 10.0. The minimum absolute atomic E-state index is 0.166. The quantitative estimate of drug-likeness (QED) is 0.369. The third kappa shape index (κ3) is 4.15. The Hall–Kier alpha value is -4.65. The average molecular weight is 480 g/mol. The van der Waals surface area contributed by atoms with E-state index in [0.29, 0.717) is 28.3 Å².